The number of carbonyl (C=O) groups is 1. The van der Waals surface area contributed by atoms with Crippen LogP contribution in [-0.2, 0) is 0 Å². The Bertz CT molecular complexity index is 1260. The molecule has 3 nitrogen and oxygen atoms in total. The zero-order valence-electron chi connectivity index (χ0n) is 17.3. The number of benzene rings is 4. The average Bonchev–Trinajstić information content (AvgIpc) is 2.69. The Morgan fingerprint density at radius 3 is 1.97 bits per heavy atom. The van der Waals surface area contributed by atoms with Crippen LogP contribution >= 0.6 is 0 Å². The molecule has 3 heteroatoms. The predicted molar refractivity (Wildman–Crippen MR) is 119 cm³/mol. The van der Waals surface area contributed by atoms with Crippen molar-refractivity contribution in [2.75, 3.05) is 0 Å². The molecule has 4 aromatic rings. The van der Waals surface area contributed by atoms with Crippen molar-refractivity contribution in [3.05, 3.63) is 75.8 Å². The molecule has 0 saturated heterocycles. The first kappa shape index (κ1) is 19.0. The van der Waals surface area contributed by atoms with Gasteiger partial charge in [0.2, 0.25) is 0 Å². The summed E-state index contributed by atoms with van der Waals surface area (Å²) in [6, 6.07) is 13.4. The first-order valence-corrected chi connectivity index (χ1v) is 9.71. The SMILES string of the molecule is Cc1cc2c(-c3ccccc3C(=O)O)c3cc(C)c(O)c(C)c3cc2c(C)c1C. The van der Waals surface area contributed by atoms with E-state index in [1.807, 2.05) is 32.0 Å². The second kappa shape index (κ2) is 6.63. The highest BCUT2D eigenvalue weighted by molar-refractivity contribution is 6.17. The van der Waals surface area contributed by atoms with Crippen molar-refractivity contribution in [2.45, 2.75) is 34.6 Å². The molecule has 0 aromatic heterocycles. The summed E-state index contributed by atoms with van der Waals surface area (Å²) in [6.07, 6.45) is 0. The van der Waals surface area contributed by atoms with Gasteiger partial charge in [-0.15, -0.1) is 0 Å². The number of phenolic OH excluding ortho intramolecular Hbond substituents is 1. The highest BCUT2D eigenvalue weighted by atomic mass is 16.4. The Morgan fingerprint density at radius 2 is 1.31 bits per heavy atom. The molecule has 4 aromatic carbocycles. The number of aromatic carboxylic acids is 1. The van der Waals surface area contributed by atoms with Crippen molar-refractivity contribution in [3.8, 4) is 16.9 Å². The Hall–Kier alpha value is -3.33. The molecule has 0 aliphatic carbocycles. The lowest BCUT2D eigenvalue weighted by molar-refractivity contribution is 0.0697. The number of aryl methyl sites for hydroxylation is 4. The van der Waals surface area contributed by atoms with Gasteiger partial charge in [0, 0.05) is 0 Å². The van der Waals surface area contributed by atoms with Gasteiger partial charge in [-0.05, 0) is 113 Å². The van der Waals surface area contributed by atoms with Crippen LogP contribution in [0.2, 0.25) is 0 Å². The lowest BCUT2D eigenvalue weighted by atomic mass is 9.84. The number of aromatic hydroxyl groups is 1. The maximum atomic E-state index is 12.0. The fourth-order valence-electron chi connectivity index (χ4n) is 4.34. The van der Waals surface area contributed by atoms with Crippen LogP contribution in [0.3, 0.4) is 0 Å². The van der Waals surface area contributed by atoms with Crippen LogP contribution in [0.5, 0.6) is 5.75 Å². The van der Waals surface area contributed by atoms with Crippen molar-refractivity contribution in [1.29, 1.82) is 0 Å². The molecule has 4 rings (SSSR count). The molecule has 0 saturated carbocycles. The fraction of sp³-hybridized carbons (Fsp3) is 0.192. The van der Waals surface area contributed by atoms with Crippen LogP contribution in [0, 0.1) is 34.6 Å². The molecular formula is C26H24O3. The van der Waals surface area contributed by atoms with E-state index in [9.17, 15) is 15.0 Å². The Balaban J connectivity index is 2.35. The Morgan fingerprint density at radius 1 is 0.724 bits per heavy atom. The van der Waals surface area contributed by atoms with Gasteiger partial charge in [0.1, 0.15) is 5.75 Å². The zero-order chi connectivity index (χ0) is 21.0. The maximum Gasteiger partial charge on any atom is 0.336 e. The number of carboxylic acid groups (broad SMARTS) is 1. The number of hydrogen-bond donors (Lipinski definition) is 2. The largest absolute Gasteiger partial charge is 0.507 e. The molecule has 0 bridgehead atoms. The Kier molecular flexibility index (Phi) is 4.34. The van der Waals surface area contributed by atoms with Gasteiger partial charge in [-0.2, -0.15) is 0 Å². The first-order chi connectivity index (χ1) is 13.7. The lowest BCUT2D eigenvalue weighted by Crippen LogP contribution is -2.01. The lowest BCUT2D eigenvalue weighted by Gasteiger charge is -2.19. The molecule has 0 radical (unpaired) electrons. The van der Waals surface area contributed by atoms with Crippen LogP contribution in [0.1, 0.15) is 38.2 Å². The third-order valence-corrected chi connectivity index (χ3v) is 6.25. The minimum Gasteiger partial charge on any atom is -0.507 e. The summed E-state index contributed by atoms with van der Waals surface area (Å²) in [7, 11) is 0. The first-order valence-electron chi connectivity index (χ1n) is 9.71. The molecule has 0 heterocycles. The van der Waals surface area contributed by atoms with Gasteiger partial charge < -0.3 is 10.2 Å². The summed E-state index contributed by atoms with van der Waals surface area (Å²) in [4.78, 5) is 12.0. The van der Waals surface area contributed by atoms with E-state index in [1.165, 1.54) is 16.7 Å². The van der Waals surface area contributed by atoms with E-state index >= 15 is 0 Å². The van der Waals surface area contributed by atoms with Crippen molar-refractivity contribution >= 4 is 27.5 Å². The monoisotopic (exact) mass is 384 g/mol. The smallest absolute Gasteiger partial charge is 0.336 e. The van der Waals surface area contributed by atoms with E-state index in [1.54, 1.807) is 12.1 Å². The van der Waals surface area contributed by atoms with Gasteiger partial charge in [-0.25, -0.2) is 4.79 Å². The number of rotatable bonds is 2. The van der Waals surface area contributed by atoms with Gasteiger partial charge in [0.25, 0.3) is 0 Å². The van der Waals surface area contributed by atoms with E-state index in [0.29, 0.717) is 5.56 Å². The number of fused-ring (bicyclic) bond motifs is 2. The van der Waals surface area contributed by atoms with Gasteiger partial charge in [-0.3, -0.25) is 0 Å². The van der Waals surface area contributed by atoms with Gasteiger partial charge >= 0.3 is 5.97 Å². The summed E-state index contributed by atoms with van der Waals surface area (Å²) in [5.74, 6) is -0.658. The normalized spacial score (nSPS) is 11.3. The van der Waals surface area contributed by atoms with Crippen molar-refractivity contribution in [3.63, 3.8) is 0 Å². The molecule has 0 aliphatic heterocycles. The molecule has 0 amide bonds. The highest BCUT2D eigenvalue weighted by Crippen LogP contribution is 2.43. The number of carboxylic acids is 1. The standard InChI is InChI=1S/C26H24O3/c1-13-10-22-20(16(4)15(13)3)12-21-17(5)25(27)14(2)11-23(21)24(22)18-8-6-7-9-19(18)26(28)29/h6-12,27H,1-5H3,(H,28,29). The van der Waals surface area contributed by atoms with Gasteiger partial charge in [0.15, 0.2) is 0 Å². The number of phenols is 1. The molecule has 0 atom stereocenters. The molecule has 0 spiro atoms. The highest BCUT2D eigenvalue weighted by Gasteiger charge is 2.20. The zero-order valence-corrected chi connectivity index (χ0v) is 17.3. The minimum absolute atomic E-state index is 0.278. The van der Waals surface area contributed by atoms with Crippen LogP contribution in [0.15, 0.2) is 42.5 Å². The number of hydrogen-bond acceptors (Lipinski definition) is 2. The molecule has 29 heavy (non-hydrogen) atoms. The summed E-state index contributed by atoms with van der Waals surface area (Å²) in [5.41, 5.74) is 7.06. The third kappa shape index (κ3) is 2.77. The van der Waals surface area contributed by atoms with E-state index in [2.05, 4.69) is 32.9 Å². The van der Waals surface area contributed by atoms with Crippen molar-refractivity contribution in [1.82, 2.24) is 0 Å². The minimum atomic E-state index is -0.946. The topological polar surface area (TPSA) is 57.5 Å². The van der Waals surface area contributed by atoms with E-state index in [4.69, 9.17) is 0 Å². The second-order valence-corrected chi connectivity index (χ2v) is 7.90. The average molecular weight is 384 g/mol. The van der Waals surface area contributed by atoms with E-state index in [-0.39, 0.29) is 11.3 Å². The summed E-state index contributed by atoms with van der Waals surface area (Å²) < 4.78 is 0. The molecule has 2 N–H and O–H groups in total. The third-order valence-electron chi connectivity index (χ3n) is 6.25. The van der Waals surface area contributed by atoms with Crippen LogP contribution in [0.4, 0.5) is 0 Å². The molecule has 0 unspecified atom stereocenters. The van der Waals surface area contributed by atoms with Crippen molar-refractivity contribution < 1.29 is 15.0 Å². The fourth-order valence-corrected chi connectivity index (χ4v) is 4.34. The Labute approximate surface area is 170 Å². The summed E-state index contributed by atoms with van der Waals surface area (Å²) >= 11 is 0. The van der Waals surface area contributed by atoms with Gasteiger partial charge in [-0.1, -0.05) is 24.3 Å². The quantitative estimate of drug-likeness (QED) is 0.383. The molecule has 146 valence electrons. The van der Waals surface area contributed by atoms with Crippen LogP contribution < -0.4 is 0 Å². The van der Waals surface area contributed by atoms with Crippen molar-refractivity contribution in [2.24, 2.45) is 0 Å². The van der Waals surface area contributed by atoms with Crippen LogP contribution in [0.25, 0.3) is 32.7 Å². The van der Waals surface area contributed by atoms with E-state index < -0.39 is 5.97 Å². The van der Waals surface area contributed by atoms with E-state index in [0.717, 1.165) is 38.2 Å². The molecule has 0 fully saturated rings. The molecular weight excluding hydrogens is 360 g/mol. The summed E-state index contributed by atoms with van der Waals surface area (Å²) in [5, 5.41) is 24.4. The molecule has 0 aliphatic rings. The second-order valence-electron chi connectivity index (χ2n) is 7.90. The van der Waals surface area contributed by atoms with Crippen LogP contribution in [-0.4, -0.2) is 16.2 Å². The summed E-state index contributed by atoms with van der Waals surface area (Å²) in [6.45, 7) is 10.1. The van der Waals surface area contributed by atoms with Gasteiger partial charge in [0.05, 0.1) is 5.56 Å². The predicted octanol–water partition coefficient (Wildman–Crippen LogP) is 6.61. The maximum absolute atomic E-state index is 12.0.